The molecular weight excluding hydrogens is 265 g/mol. The maximum atomic E-state index is 13.6. The number of halogens is 1. The van der Waals surface area contributed by atoms with Crippen LogP contribution in [0.5, 0.6) is 0 Å². The Bertz CT molecular complexity index is 641. The number of benzene rings is 2. The highest BCUT2D eigenvalue weighted by atomic mass is 19.1. The van der Waals surface area contributed by atoms with Gasteiger partial charge >= 0.3 is 0 Å². The molecule has 2 aromatic rings. The summed E-state index contributed by atoms with van der Waals surface area (Å²) in [5.74, 6) is -0.208. The quantitative estimate of drug-likeness (QED) is 0.928. The summed E-state index contributed by atoms with van der Waals surface area (Å²) >= 11 is 0. The Hall–Kier alpha value is -1.71. The second kappa shape index (κ2) is 5.96. The van der Waals surface area contributed by atoms with Crippen LogP contribution in [0, 0.1) is 12.7 Å². The van der Waals surface area contributed by atoms with Crippen molar-refractivity contribution in [3.63, 3.8) is 0 Å². The first-order valence-electron chi connectivity index (χ1n) is 7.33. The second-order valence-corrected chi connectivity index (χ2v) is 5.51. The lowest BCUT2D eigenvalue weighted by Crippen LogP contribution is -2.30. The summed E-state index contributed by atoms with van der Waals surface area (Å²) in [6.07, 6.45) is 0.853. The fraction of sp³-hybridized carbons (Fsp3) is 0.333. The SMILES string of the molecule is CNC(c1cc(F)ccc1C)C1OCCc2ccccc21. The Morgan fingerprint density at radius 3 is 2.86 bits per heavy atom. The van der Waals surface area contributed by atoms with Crippen LogP contribution in [0.4, 0.5) is 4.39 Å². The van der Waals surface area contributed by atoms with Crippen LogP contribution in [0.2, 0.25) is 0 Å². The van der Waals surface area contributed by atoms with Gasteiger partial charge in [0.25, 0.3) is 0 Å². The van der Waals surface area contributed by atoms with Gasteiger partial charge in [0.15, 0.2) is 0 Å². The fourth-order valence-corrected chi connectivity index (χ4v) is 3.12. The standard InChI is InChI=1S/C18H20FNO/c1-12-7-8-14(19)11-16(12)17(20-2)18-15-6-4-3-5-13(15)9-10-21-18/h3-8,11,17-18,20H,9-10H2,1-2H3. The summed E-state index contributed by atoms with van der Waals surface area (Å²) in [5, 5.41) is 3.31. The molecule has 3 rings (SSSR count). The number of rotatable bonds is 3. The first kappa shape index (κ1) is 14.2. The average molecular weight is 285 g/mol. The molecule has 0 bridgehead atoms. The lowest BCUT2D eigenvalue weighted by atomic mass is 9.88. The lowest BCUT2D eigenvalue weighted by molar-refractivity contribution is 0.0164. The Morgan fingerprint density at radius 1 is 1.24 bits per heavy atom. The number of likely N-dealkylation sites (N-methyl/N-ethyl adjacent to an activating group) is 1. The monoisotopic (exact) mass is 285 g/mol. The third kappa shape index (κ3) is 2.71. The van der Waals surface area contributed by atoms with E-state index in [-0.39, 0.29) is 18.0 Å². The van der Waals surface area contributed by atoms with Crippen molar-refractivity contribution in [3.8, 4) is 0 Å². The van der Waals surface area contributed by atoms with Gasteiger partial charge in [0.1, 0.15) is 11.9 Å². The molecule has 0 aliphatic carbocycles. The van der Waals surface area contributed by atoms with Crippen molar-refractivity contribution in [2.24, 2.45) is 0 Å². The largest absolute Gasteiger partial charge is 0.371 e. The number of ether oxygens (including phenoxy) is 1. The van der Waals surface area contributed by atoms with Gasteiger partial charge in [-0.25, -0.2) is 4.39 Å². The molecule has 1 aliphatic rings. The van der Waals surface area contributed by atoms with Crippen LogP contribution in [-0.2, 0) is 11.2 Å². The number of hydrogen-bond acceptors (Lipinski definition) is 2. The minimum absolute atomic E-state index is 0.0536. The molecule has 0 spiro atoms. The van der Waals surface area contributed by atoms with Crippen LogP contribution in [0.25, 0.3) is 0 Å². The number of nitrogens with one attached hydrogen (secondary N) is 1. The minimum Gasteiger partial charge on any atom is -0.371 e. The molecule has 1 aliphatic heterocycles. The van der Waals surface area contributed by atoms with Gasteiger partial charge < -0.3 is 10.1 Å². The predicted molar refractivity (Wildman–Crippen MR) is 81.8 cm³/mol. The van der Waals surface area contributed by atoms with Crippen LogP contribution < -0.4 is 5.32 Å². The molecule has 2 nitrogen and oxygen atoms in total. The van der Waals surface area contributed by atoms with Crippen LogP contribution >= 0.6 is 0 Å². The molecule has 0 saturated heterocycles. The van der Waals surface area contributed by atoms with Crippen LogP contribution in [0.1, 0.15) is 34.4 Å². The Labute approximate surface area is 125 Å². The molecule has 0 amide bonds. The molecule has 1 heterocycles. The maximum Gasteiger partial charge on any atom is 0.123 e. The Kier molecular flexibility index (Phi) is 4.04. The highest BCUT2D eigenvalue weighted by molar-refractivity contribution is 5.37. The molecule has 0 radical (unpaired) electrons. The normalized spacial score (nSPS) is 19.1. The number of fused-ring (bicyclic) bond motifs is 1. The van der Waals surface area contributed by atoms with Crippen LogP contribution in [0.15, 0.2) is 42.5 Å². The molecule has 0 aromatic heterocycles. The maximum absolute atomic E-state index is 13.6. The van der Waals surface area contributed by atoms with E-state index in [1.54, 1.807) is 6.07 Å². The van der Waals surface area contributed by atoms with E-state index in [9.17, 15) is 4.39 Å². The molecule has 21 heavy (non-hydrogen) atoms. The van der Waals surface area contributed by atoms with Gasteiger partial charge in [0, 0.05) is 0 Å². The van der Waals surface area contributed by atoms with Crippen molar-refractivity contribution in [1.82, 2.24) is 5.32 Å². The van der Waals surface area contributed by atoms with E-state index in [0.717, 1.165) is 17.5 Å². The van der Waals surface area contributed by atoms with E-state index in [0.29, 0.717) is 6.61 Å². The van der Waals surface area contributed by atoms with Gasteiger partial charge in [0.05, 0.1) is 12.6 Å². The minimum atomic E-state index is -0.208. The van der Waals surface area contributed by atoms with Crippen molar-refractivity contribution < 1.29 is 9.13 Å². The van der Waals surface area contributed by atoms with E-state index in [4.69, 9.17) is 4.74 Å². The highest BCUT2D eigenvalue weighted by Crippen LogP contribution is 2.37. The smallest absolute Gasteiger partial charge is 0.123 e. The third-order valence-electron chi connectivity index (χ3n) is 4.22. The number of aryl methyl sites for hydroxylation is 1. The molecule has 110 valence electrons. The molecule has 0 saturated carbocycles. The van der Waals surface area contributed by atoms with E-state index in [1.807, 2.05) is 26.1 Å². The summed E-state index contributed by atoms with van der Waals surface area (Å²) < 4.78 is 19.7. The van der Waals surface area contributed by atoms with Gasteiger partial charge in [-0.2, -0.15) is 0 Å². The zero-order chi connectivity index (χ0) is 14.8. The Morgan fingerprint density at radius 2 is 2.05 bits per heavy atom. The second-order valence-electron chi connectivity index (χ2n) is 5.51. The molecule has 2 unspecified atom stereocenters. The van der Waals surface area contributed by atoms with Gasteiger partial charge in [0.2, 0.25) is 0 Å². The highest BCUT2D eigenvalue weighted by Gasteiger charge is 2.29. The molecule has 2 atom stereocenters. The van der Waals surface area contributed by atoms with Crippen LogP contribution in [0.3, 0.4) is 0 Å². The molecule has 1 N–H and O–H groups in total. The zero-order valence-electron chi connectivity index (χ0n) is 12.4. The van der Waals surface area contributed by atoms with Gasteiger partial charge in [-0.05, 0) is 54.8 Å². The van der Waals surface area contributed by atoms with Crippen molar-refractivity contribution in [2.45, 2.75) is 25.5 Å². The van der Waals surface area contributed by atoms with Gasteiger partial charge in [-0.15, -0.1) is 0 Å². The summed E-state index contributed by atoms with van der Waals surface area (Å²) in [6.45, 7) is 2.71. The van der Waals surface area contributed by atoms with E-state index in [1.165, 1.54) is 17.2 Å². The van der Waals surface area contributed by atoms with E-state index >= 15 is 0 Å². The average Bonchev–Trinajstić information content (AvgIpc) is 2.51. The molecule has 0 fully saturated rings. The van der Waals surface area contributed by atoms with Crippen molar-refractivity contribution >= 4 is 0 Å². The lowest BCUT2D eigenvalue weighted by Gasteiger charge is -2.33. The fourth-order valence-electron chi connectivity index (χ4n) is 3.12. The number of hydrogen-bond donors (Lipinski definition) is 1. The van der Waals surface area contributed by atoms with Crippen molar-refractivity contribution in [3.05, 3.63) is 70.5 Å². The van der Waals surface area contributed by atoms with Crippen molar-refractivity contribution in [2.75, 3.05) is 13.7 Å². The van der Waals surface area contributed by atoms with Crippen molar-refractivity contribution in [1.29, 1.82) is 0 Å². The topological polar surface area (TPSA) is 21.3 Å². The predicted octanol–water partition coefficient (Wildman–Crippen LogP) is 3.71. The summed E-state index contributed by atoms with van der Waals surface area (Å²) in [4.78, 5) is 0. The third-order valence-corrected chi connectivity index (χ3v) is 4.22. The van der Waals surface area contributed by atoms with E-state index < -0.39 is 0 Å². The van der Waals surface area contributed by atoms with Gasteiger partial charge in [-0.3, -0.25) is 0 Å². The van der Waals surface area contributed by atoms with Gasteiger partial charge in [-0.1, -0.05) is 30.3 Å². The van der Waals surface area contributed by atoms with Crippen LogP contribution in [-0.4, -0.2) is 13.7 Å². The first-order valence-corrected chi connectivity index (χ1v) is 7.33. The Balaban J connectivity index is 2.03. The first-order chi connectivity index (χ1) is 10.2. The molecular formula is C18H20FNO. The zero-order valence-corrected chi connectivity index (χ0v) is 12.4. The summed E-state index contributed by atoms with van der Waals surface area (Å²) in [6, 6.07) is 13.2. The molecule has 3 heteroatoms. The molecule has 2 aromatic carbocycles. The van der Waals surface area contributed by atoms with E-state index in [2.05, 4.69) is 23.5 Å². The summed E-state index contributed by atoms with van der Waals surface area (Å²) in [7, 11) is 1.90. The summed E-state index contributed by atoms with van der Waals surface area (Å²) in [5.41, 5.74) is 4.55.